The molecule has 4 rings (SSSR count). The van der Waals surface area contributed by atoms with Gasteiger partial charge in [-0.05, 0) is 36.8 Å². The molecule has 24 heavy (non-hydrogen) atoms. The van der Waals surface area contributed by atoms with Crippen LogP contribution in [0.5, 0.6) is 0 Å². The maximum atomic E-state index is 12.7. The number of nitrogens with zero attached hydrogens (tertiary/aromatic N) is 3. The standard InChI is InChI=1S/C18H16ClN3O2/c19-12-6-7-15-16(10-12)22(13-4-2-1-3-5-13)18(24)20-17(15)21-9-8-14(21)11-23/h1-7,10,14,23H,8-9,11H2/t14-/m0/s1. The van der Waals surface area contributed by atoms with E-state index < -0.39 is 0 Å². The first-order valence-electron chi connectivity index (χ1n) is 7.84. The van der Waals surface area contributed by atoms with E-state index >= 15 is 0 Å². The molecule has 0 radical (unpaired) electrons. The van der Waals surface area contributed by atoms with E-state index in [-0.39, 0.29) is 18.3 Å². The zero-order valence-electron chi connectivity index (χ0n) is 12.9. The number of aromatic nitrogens is 2. The lowest BCUT2D eigenvalue weighted by Crippen LogP contribution is -2.51. The van der Waals surface area contributed by atoms with Crippen LogP contribution in [0, 0.1) is 0 Å². The third-order valence-electron chi connectivity index (χ3n) is 4.48. The molecule has 0 bridgehead atoms. The minimum Gasteiger partial charge on any atom is -0.394 e. The van der Waals surface area contributed by atoms with Crippen LogP contribution < -0.4 is 10.6 Å². The quantitative estimate of drug-likeness (QED) is 0.795. The largest absolute Gasteiger partial charge is 0.394 e. The smallest absolute Gasteiger partial charge is 0.354 e. The number of anilines is 1. The van der Waals surface area contributed by atoms with E-state index in [9.17, 15) is 9.90 Å². The van der Waals surface area contributed by atoms with Gasteiger partial charge >= 0.3 is 5.69 Å². The molecule has 1 aromatic heterocycles. The van der Waals surface area contributed by atoms with Crippen molar-refractivity contribution < 1.29 is 5.11 Å². The highest BCUT2D eigenvalue weighted by Crippen LogP contribution is 2.32. The predicted octanol–water partition coefficient (Wildman–Crippen LogP) is 2.61. The molecule has 1 saturated heterocycles. The molecular weight excluding hydrogens is 326 g/mol. The summed E-state index contributed by atoms with van der Waals surface area (Å²) in [5.74, 6) is 0.615. The van der Waals surface area contributed by atoms with E-state index in [0.29, 0.717) is 16.4 Å². The highest BCUT2D eigenvalue weighted by Gasteiger charge is 2.30. The molecule has 2 aromatic carbocycles. The van der Waals surface area contributed by atoms with Crippen molar-refractivity contribution in [2.24, 2.45) is 0 Å². The number of aliphatic hydroxyl groups excluding tert-OH is 1. The molecule has 2 heterocycles. The van der Waals surface area contributed by atoms with Gasteiger partial charge in [0, 0.05) is 17.0 Å². The summed E-state index contributed by atoms with van der Waals surface area (Å²) >= 11 is 6.18. The van der Waals surface area contributed by atoms with Gasteiger partial charge in [0.2, 0.25) is 0 Å². The fraction of sp³-hybridized carbons (Fsp3) is 0.222. The Morgan fingerprint density at radius 1 is 1.21 bits per heavy atom. The van der Waals surface area contributed by atoms with Gasteiger partial charge in [-0.2, -0.15) is 4.98 Å². The van der Waals surface area contributed by atoms with Crippen molar-refractivity contribution in [3.63, 3.8) is 0 Å². The Bertz CT molecular complexity index is 954. The summed E-state index contributed by atoms with van der Waals surface area (Å²) < 4.78 is 1.57. The van der Waals surface area contributed by atoms with Gasteiger partial charge in [0.25, 0.3) is 0 Å². The number of para-hydroxylation sites is 1. The Morgan fingerprint density at radius 3 is 2.67 bits per heavy atom. The lowest BCUT2D eigenvalue weighted by molar-refractivity contribution is 0.226. The monoisotopic (exact) mass is 341 g/mol. The third kappa shape index (κ3) is 2.37. The van der Waals surface area contributed by atoms with Crippen LogP contribution in [-0.2, 0) is 0 Å². The average molecular weight is 342 g/mol. The first-order chi connectivity index (χ1) is 11.7. The average Bonchev–Trinajstić information content (AvgIpc) is 2.55. The van der Waals surface area contributed by atoms with Crippen molar-refractivity contribution in [3.05, 3.63) is 64.0 Å². The summed E-state index contributed by atoms with van der Waals surface area (Å²) in [5.41, 5.74) is 1.11. The van der Waals surface area contributed by atoms with E-state index in [1.54, 1.807) is 16.7 Å². The van der Waals surface area contributed by atoms with Crippen molar-refractivity contribution in [1.29, 1.82) is 0 Å². The molecule has 3 aromatic rings. The van der Waals surface area contributed by atoms with Gasteiger partial charge < -0.3 is 10.0 Å². The first kappa shape index (κ1) is 15.2. The second-order valence-electron chi connectivity index (χ2n) is 5.87. The third-order valence-corrected chi connectivity index (χ3v) is 4.71. The highest BCUT2D eigenvalue weighted by atomic mass is 35.5. The van der Waals surface area contributed by atoms with Gasteiger partial charge in [-0.25, -0.2) is 4.79 Å². The number of aliphatic hydroxyl groups is 1. The number of benzene rings is 2. The van der Waals surface area contributed by atoms with Crippen LogP contribution in [0.1, 0.15) is 6.42 Å². The summed E-state index contributed by atoms with van der Waals surface area (Å²) in [5, 5.41) is 10.9. The van der Waals surface area contributed by atoms with Crippen molar-refractivity contribution >= 4 is 28.3 Å². The Morgan fingerprint density at radius 2 is 2.00 bits per heavy atom. The topological polar surface area (TPSA) is 58.4 Å². The molecule has 5 nitrogen and oxygen atoms in total. The van der Waals surface area contributed by atoms with Crippen LogP contribution in [0.15, 0.2) is 53.3 Å². The molecule has 0 aliphatic carbocycles. The summed E-state index contributed by atoms with van der Waals surface area (Å²) in [6.45, 7) is 0.837. The van der Waals surface area contributed by atoms with Crippen LogP contribution in [0.25, 0.3) is 16.6 Å². The highest BCUT2D eigenvalue weighted by molar-refractivity contribution is 6.31. The second-order valence-corrected chi connectivity index (χ2v) is 6.31. The Labute approximate surface area is 143 Å². The van der Waals surface area contributed by atoms with Crippen molar-refractivity contribution in [2.75, 3.05) is 18.1 Å². The fourth-order valence-corrected chi connectivity index (χ4v) is 3.30. The maximum absolute atomic E-state index is 12.7. The van der Waals surface area contributed by atoms with Crippen LogP contribution >= 0.6 is 11.6 Å². The number of hydrogen-bond donors (Lipinski definition) is 1. The van der Waals surface area contributed by atoms with Crippen LogP contribution in [0.3, 0.4) is 0 Å². The summed E-state index contributed by atoms with van der Waals surface area (Å²) in [4.78, 5) is 19.0. The van der Waals surface area contributed by atoms with Crippen LogP contribution in [-0.4, -0.2) is 33.9 Å². The van der Waals surface area contributed by atoms with Crippen LogP contribution in [0.4, 0.5) is 5.82 Å². The number of fused-ring (bicyclic) bond motifs is 1. The van der Waals surface area contributed by atoms with Gasteiger partial charge in [-0.1, -0.05) is 29.8 Å². The summed E-state index contributed by atoms with van der Waals surface area (Å²) in [6.07, 6.45) is 0.898. The second kappa shape index (κ2) is 5.92. The zero-order valence-corrected chi connectivity index (χ0v) is 13.6. The molecule has 0 spiro atoms. The number of hydrogen-bond acceptors (Lipinski definition) is 4. The van der Waals surface area contributed by atoms with Gasteiger partial charge in [0.1, 0.15) is 5.82 Å². The van der Waals surface area contributed by atoms with E-state index in [0.717, 1.165) is 24.0 Å². The van der Waals surface area contributed by atoms with E-state index in [4.69, 9.17) is 11.6 Å². The minimum atomic E-state index is -0.352. The Hall–Kier alpha value is -2.37. The summed E-state index contributed by atoms with van der Waals surface area (Å²) in [6, 6.07) is 14.9. The molecular formula is C18H16ClN3O2. The molecule has 122 valence electrons. The molecule has 1 N–H and O–H groups in total. The number of rotatable bonds is 3. The first-order valence-corrected chi connectivity index (χ1v) is 8.22. The van der Waals surface area contributed by atoms with Crippen LogP contribution in [0.2, 0.25) is 5.02 Å². The molecule has 0 saturated carbocycles. The van der Waals surface area contributed by atoms with Gasteiger partial charge in [0.05, 0.1) is 23.9 Å². The summed E-state index contributed by atoms with van der Waals surface area (Å²) in [7, 11) is 0. The molecule has 0 unspecified atom stereocenters. The molecule has 1 atom stereocenters. The normalized spacial score (nSPS) is 17.1. The van der Waals surface area contributed by atoms with E-state index in [1.165, 1.54) is 0 Å². The number of halogens is 1. The maximum Gasteiger partial charge on any atom is 0.354 e. The molecule has 6 heteroatoms. The molecule has 1 fully saturated rings. The molecule has 1 aliphatic heterocycles. The molecule has 1 aliphatic rings. The lowest BCUT2D eigenvalue weighted by atomic mass is 10.0. The van der Waals surface area contributed by atoms with Crippen molar-refractivity contribution in [1.82, 2.24) is 9.55 Å². The van der Waals surface area contributed by atoms with Gasteiger partial charge in [0.15, 0.2) is 0 Å². The SMILES string of the molecule is O=c1nc(N2CC[C@H]2CO)c2ccc(Cl)cc2n1-c1ccccc1. The van der Waals surface area contributed by atoms with E-state index in [1.807, 2.05) is 41.3 Å². The van der Waals surface area contributed by atoms with E-state index in [2.05, 4.69) is 4.98 Å². The van der Waals surface area contributed by atoms with Crippen molar-refractivity contribution in [3.8, 4) is 5.69 Å². The van der Waals surface area contributed by atoms with Gasteiger partial charge in [-0.3, -0.25) is 4.57 Å². The lowest BCUT2D eigenvalue weighted by Gasteiger charge is -2.41. The predicted molar refractivity (Wildman–Crippen MR) is 95.2 cm³/mol. The minimum absolute atomic E-state index is 0.0170. The Kier molecular flexibility index (Phi) is 3.75. The molecule has 0 amide bonds. The Balaban J connectivity index is 2.01. The van der Waals surface area contributed by atoms with Gasteiger partial charge in [-0.15, -0.1) is 0 Å². The van der Waals surface area contributed by atoms with Crippen molar-refractivity contribution in [2.45, 2.75) is 12.5 Å². The zero-order chi connectivity index (χ0) is 16.7. The fourth-order valence-electron chi connectivity index (χ4n) is 3.14.